The number of nitrogens with zero attached hydrogens (tertiary/aromatic N) is 3. The predicted molar refractivity (Wildman–Crippen MR) is 38.9 cm³/mol. The number of rotatable bonds is 1. The quantitative estimate of drug-likeness (QED) is 0.609. The molecule has 2 rings (SSSR count). The van der Waals surface area contributed by atoms with Crippen LogP contribution in [0.25, 0.3) is 0 Å². The normalized spacial score (nSPS) is 24.2. The van der Waals surface area contributed by atoms with E-state index < -0.39 is 0 Å². The first-order chi connectivity index (χ1) is 5.36. The summed E-state index contributed by atoms with van der Waals surface area (Å²) in [6.45, 7) is 1.50. The van der Waals surface area contributed by atoms with Crippen molar-refractivity contribution in [3.8, 4) is 0 Å². The van der Waals surface area contributed by atoms with Crippen LogP contribution >= 0.6 is 0 Å². The molecule has 1 saturated heterocycles. The molecule has 0 saturated carbocycles. The van der Waals surface area contributed by atoms with E-state index in [0.717, 1.165) is 13.0 Å². The number of ether oxygens (including phenoxy) is 1. The van der Waals surface area contributed by atoms with Gasteiger partial charge < -0.3 is 10.5 Å². The molecular formula is C6H10N4O. The largest absolute Gasteiger partial charge is 0.381 e. The Morgan fingerprint density at radius 2 is 2.64 bits per heavy atom. The molecule has 5 nitrogen and oxygen atoms in total. The van der Waals surface area contributed by atoms with Gasteiger partial charge in [-0.05, 0) is 6.42 Å². The van der Waals surface area contributed by atoms with E-state index in [9.17, 15) is 0 Å². The zero-order valence-corrected chi connectivity index (χ0v) is 6.10. The fourth-order valence-electron chi connectivity index (χ4n) is 1.17. The van der Waals surface area contributed by atoms with Gasteiger partial charge in [0.1, 0.15) is 0 Å². The molecule has 2 N–H and O–H groups in total. The Bertz CT molecular complexity index is 240. The van der Waals surface area contributed by atoms with Crippen LogP contribution in [0.2, 0.25) is 0 Å². The zero-order chi connectivity index (χ0) is 7.68. The average molecular weight is 154 g/mol. The first-order valence-corrected chi connectivity index (χ1v) is 3.61. The summed E-state index contributed by atoms with van der Waals surface area (Å²) in [7, 11) is 0. The minimum Gasteiger partial charge on any atom is -0.381 e. The van der Waals surface area contributed by atoms with Crippen molar-refractivity contribution in [2.75, 3.05) is 18.9 Å². The Morgan fingerprint density at radius 3 is 3.18 bits per heavy atom. The summed E-state index contributed by atoms with van der Waals surface area (Å²) in [6.07, 6.45) is 2.53. The number of nitrogens with two attached hydrogens (primary N) is 1. The van der Waals surface area contributed by atoms with Crippen LogP contribution in [-0.2, 0) is 4.74 Å². The summed E-state index contributed by atoms with van der Waals surface area (Å²) in [5, 5.41) is 7.99. The molecule has 0 radical (unpaired) electrons. The molecule has 60 valence electrons. The van der Waals surface area contributed by atoms with E-state index in [0.29, 0.717) is 12.4 Å². The minimum absolute atomic E-state index is 0.285. The topological polar surface area (TPSA) is 66.0 Å². The molecule has 0 aromatic carbocycles. The van der Waals surface area contributed by atoms with Gasteiger partial charge in [0, 0.05) is 6.61 Å². The lowest BCUT2D eigenvalue weighted by molar-refractivity contribution is 0.181. The molecule has 5 heteroatoms. The van der Waals surface area contributed by atoms with E-state index in [-0.39, 0.29) is 6.04 Å². The van der Waals surface area contributed by atoms with Crippen LogP contribution in [0.3, 0.4) is 0 Å². The number of nitrogen functional groups attached to an aromatic ring is 1. The Morgan fingerprint density at radius 1 is 1.73 bits per heavy atom. The maximum atomic E-state index is 5.41. The summed E-state index contributed by atoms with van der Waals surface area (Å²) in [5.41, 5.74) is 5.41. The van der Waals surface area contributed by atoms with Crippen LogP contribution < -0.4 is 5.73 Å². The molecule has 0 aliphatic carbocycles. The first kappa shape index (κ1) is 6.60. The summed E-state index contributed by atoms with van der Waals surface area (Å²) < 4.78 is 5.18. The summed E-state index contributed by atoms with van der Waals surface area (Å²) in [5.74, 6) is 0.469. The van der Waals surface area contributed by atoms with Gasteiger partial charge in [-0.3, -0.25) is 0 Å². The lowest BCUT2D eigenvalue weighted by Crippen LogP contribution is -2.11. The standard InChI is InChI=1S/C6H10N4O/c7-6-3-8-10(9-6)5-1-2-11-4-5/h3,5H,1-2,4H2,(H2,7,9). The maximum absolute atomic E-state index is 5.41. The van der Waals surface area contributed by atoms with Crippen molar-refractivity contribution in [2.45, 2.75) is 12.5 Å². The Kier molecular flexibility index (Phi) is 1.50. The van der Waals surface area contributed by atoms with Gasteiger partial charge in [-0.25, -0.2) is 0 Å². The molecule has 1 aliphatic heterocycles. The third-order valence-corrected chi connectivity index (χ3v) is 1.76. The van der Waals surface area contributed by atoms with Gasteiger partial charge >= 0.3 is 0 Å². The molecule has 11 heavy (non-hydrogen) atoms. The van der Waals surface area contributed by atoms with Crippen LogP contribution in [0.5, 0.6) is 0 Å². The summed E-state index contributed by atoms with van der Waals surface area (Å²) in [4.78, 5) is 1.63. The first-order valence-electron chi connectivity index (χ1n) is 3.61. The van der Waals surface area contributed by atoms with Crippen LogP contribution in [0.4, 0.5) is 5.82 Å². The average Bonchev–Trinajstić information content (AvgIpc) is 2.55. The number of hydrogen-bond acceptors (Lipinski definition) is 4. The highest BCUT2D eigenvalue weighted by Gasteiger charge is 2.18. The van der Waals surface area contributed by atoms with Gasteiger partial charge in [0.2, 0.25) is 0 Å². The van der Waals surface area contributed by atoms with Crippen molar-refractivity contribution in [1.29, 1.82) is 0 Å². The van der Waals surface area contributed by atoms with Gasteiger partial charge in [-0.15, -0.1) is 5.10 Å². The van der Waals surface area contributed by atoms with Crippen LogP contribution in [0, 0.1) is 0 Å². The number of hydrogen-bond donors (Lipinski definition) is 1. The van der Waals surface area contributed by atoms with Crippen molar-refractivity contribution in [3.05, 3.63) is 6.20 Å². The van der Waals surface area contributed by atoms with Crippen molar-refractivity contribution in [3.63, 3.8) is 0 Å². The van der Waals surface area contributed by atoms with E-state index in [1.807, 2.05) is 0 Å². The Balaban J connectivity index is 2.15. The van der Waals surface area contributed by atoms with Gasteiger partial charge in [-0.2, -0.15) is 9.90 Å². The highest BCUT2D eigenvalue weighted by molar-refractivity contribution is 5.19. The van der Waals surface area contributed by atoms with Gasteiger partial charge in [0.15, 0.2) is 5.82 Å². The third kappa shape index (κ3) is 1.19. The van der Waals surface area contributed by atoms with Gasteiger partial charge in [0.25, 0.3) is 0 Å². The molecular weight excluding hydrogens is 144 g/mol. The Hall–Kier alpha value is -1.10. The summed E-state index contributed by atoms with van der Waals surface area (Å²) in [6, 6.07) is 0.285. The Labute approximate surface area is 64.1 Å². The van der Waals surface area contributed by atoms with Crippen LogP contribution in [0.1, 0.15) is 12.5 Å². The number of anilines is 1. The molecule has 1 unspecified atom stereocenters. The third-order valence-electron chi connectivity index (χ3n) is 1.76. The molecule has 1 aliphatic rings. The van der Waals surface area contributed by atoms with E-state index in [4.69, 9.17) is 10.5 Å². The zero-order valence-electron chi connectivity index (χ0n) is 6.10. The van der Waals surface area contributed by atoms with E-state index in [1.165, 1.54) is 0 Å². The molecule has 1 atom stereocenters. The van der Waals surface area contributed by atoms with Gasteiger partial charge in [-0.1, -0.05) is 0 Å². The highest BCUT2D eigenvalue weighted by atomic mass is 16.5. The molecule has 0 amide bonds. The van der Waals surface area contributed by atoms with E-state index in [1.54, 1.807) is 11.0 Å². The molecule has 1 fully saturated rings. The lowest BCUT2D eigenvalue weighted by Gasteiger charge is -2.03. The molecule has 0 bridgehead atoms. The molecule has 2 heterocycles. The second-order valence-corrected chi connectivity index (χ2v) is 2.61. The summed E-state index contributed by atoms with van der Waals surface area (Å²) >= 11 is 0. The highest BCUT2D eigenvalue weighted by Crippen LogP contribution is 2.16. The van der Waals surface area contributed by atoms with Crippen molar-refractivity contribution in [2.24, 2.45) is 0 Å². The molecule has 1 aromatic rings. The van der Waals surface area contributed by atoms with Crippen LogP contribution in [-0.4, -0.2) is 28.2 Å². The van der Waals surface area contributed by atoms with E-state index >= 15 is 0 Å². The SMILES string of the molecule is Nc1cnn(C2CCOC2)n1. The smallest absolute Gasteiger partial charge is 0.165 e. The second kappa shape index (κ2) is 2.50. The maximum Gasteiger partial charge on any atom is 0.165 e. The fourth-order valence-corrected chi connectivity index (χ4v) is 1.17. The number of aromatic nitrogens is 3. The van der Waals surface area contributed by atoms with Crippen molar-refractivity contribution in [1.82, 2.24) is 15.0 Å². The lowest BCUT2D eigenvalue weighted by atomic mass is 10.3. The van der Waals surface area contributed by atoms with Crippen LogP contribution in [0.15, 0.2) is 6.20 Å². The fraction of sp³-hybridized carbons (Fsp3) is 0.667. The van der Waals surface area contributed by atoms with Crippen molar-refractivity contribution >= 4 is 5.82 Å². The minimum atomic E-state index is 0.285. The van der Waals surface area contributed by atoms with E-state index in [2.05, 4.69) is 10.2 Å². The second-order valence-electron chi connectivity index (χ2n) is 2.61. The van der Waals surface area contributed by atoms with Crippen molar-refractivity contribution < 1.29 is 4.74 Å². The molecule has 1 aromatic heterocycles. The monoisotopic (exact) mass is 154 g/mol. The van der Waals surface area contributed by atoms with Gasteiger partial charge in [0.05, 0.1) is 18.8 Å². The molecule has 0 spiro atoms. The predicted octanol–water partition coefficient (Wildman–Crippen LogP) is -0.178.